The van der Waals surface area contributed by atoms with Crippen LogP contribution in [-0.4, -0.2) is 41.0 Å². The molecule has 2 aromatic heterocycles. The zero-order chi connectivity index (χ0) is 28.8. The smallest absolute Gasteiger partial charge is 0.338 e. The van der Waals surface area contributed by atoms with Gasteiger partial charge in [0.2, 0.25) is 0 Å². The molecule has 0 fully saturated rings. The Bertz CT molecular complexity index is 1600. The zero-order valence-corrected chi connectivity index (χ0v) is 22.5. The Labute approximate surface area is 236 Å². The van der Waals surface area contributed by atoms with Crippen molar-refractivity contribution in [2.75, 3.05) is 13.2 Å². The van der Waals surface area contributed by atoms with Crippen LogP contribution in [0.5, 0.6) is 0 Å². The van der Waals surface area contributed by atoms with Gasteiger partial charge in [-0.25, -0.2) is 19.1 Å². The summed E-state index contributed by atoms with van der Waals surface area (Å²) in [5.41, 5.74) is 4.47. The van der Waals surface area contributed by atoms with E-state index in [-0.39, 0.29) is 24.5 Å². The van der Waals surface area contributed by atoms with Crippen molar-refractivity contribution < 1.29 is 28.3 Å². The van der Waals surface area contributed by atoms with Crippen LogP contribution in [0.15, 0.2) is 101 Å². The van der Waals surface area contributed by atoms with Gasteiger partial charge in [0.15, 0.2) is 0 Å². The second-order valence-electron chi connectivity index (χ2n) is 9.18. The Morgan fingerprint density at radius 3 is 2.54 bits per heavy atom. The van der Waals surface area contributed by atoms with Gasteiger partial charge in [0.1, 0.15) is 18.4 Å². The van der Waals surface area contributed by atoms with E-state index in [1.165, 1.54) is 12.3 Å². The van der Waals surface area contributed by atoms with Gasteiger partial charge in [-0.3, -0.25) is 0 Å². The van der Waals surface area contributed by atoms with E-state index in [0.29, 0.717) is 17.0 Å². The molecule has 2 N–H and O–H groups in total. The SMILES string of the molecule is CCOC(=O)C1=C(COC(=O)/C=C/c2cn(-c3ccccc3)nc2-c2ccc(C)cc2)NC(=O)N[C@H]1c1ccco1. The third kappa shape index (κ3) is 6.27. The summed E-state index contributed by atoms with van der Waals surface area (Å²) in [6, 6.07) is 19.4. The zero-order valence-electron chi connectivity index (χ0n) is 22.5. The van der Waals surface area contributed by atoms with E-state index in [0.717, 1.165) is 16.8 Å². The quantitative estimate of drug-likeness (QED) is 0.224. The van der Waals surface area contributed by atoms with Gasteiger partial charge in [-0.1, -0.05) is 48.0 Å². The molecule has 0 spiro atoms. The van der Waals surface area contributed by atoms with Crippen molar-refractivity contribution in [1.29, 1.82) is 0 Å². The van der Waals surface area contributed by atoms with E-state index in [9.17, 15) is 14.4 Å². The van der Waals surface area contributed by atoms with Crippen LogP contribution in [0.3, 0.4) is 0 Å². The molecule has 2 amide bonds. The fourth-order valence-electron chi connectivity index (χ4n) is 4.36. The largest absolute Gasteiger partial charge is 0.467 e. The molecule has 0 unspecified atom stereocenters. The molecule has 0 radical (unpaired) electrons. The van der Waals surface area contributed by atoms with Crippen molar-refractivity contribution in [1.82, 2.24) is 20.4 Å². The molecule has 1 atom stereocenters. The number of aryl methyl sites for hydroxylation is 1. The summed E-state index contributed by atoms with van der Waals surface area (Å²) in [7, 11) is 0. The molecular formula is C31H28N4O6. The second kappa shape index (κ2) is 12.2. The summed E-state index contributed by atoms with van der Waals surface area (Å²) in [5, 5.41) is 9.96. The minimum Gasteiger partial charge on any atom is -0.467 e. The molecule has 1 aliphatic heterocycles. The molecule has 41 heavy (non-hydrogen) atoms. The van der Waals surface area contributed by atoms with Crippen molar-refractivity contribution in [3.05, 3.63) is 113 Å². The number of rotatable bonds is 9. The molecule has 1 aliphatic rings. The highest BCUT2D eigenvalue weighted by Gasteiger charge is 2.35. The van der Waals surface area contributed by atoms with E-state index in [1.807, 2.05) is 67.7 Å². The number of carbonyl (C=O) groups is 3. The van der Waals surface area contributed by atoms with Crippen molar-refractivity contribution in [3.8, 4) is 16.9 Å². The predicted molar refractivity (Wildman–Crippen MR) is 151 cm³/mol. The van der Waals surface area contributed by atoms with Crippen LogP contribution in [-0.2, 0) is 19.1 Å². The highest BCUT2D eigenvalue weighted by atomic mass is 16.5. The number of esters is 2. The molecule has 2 aromatic carbocycles. The van der Waals surface area contributed by atoms with E-state index in [4.69, 9.17) is 19.0 Å². The Morgan fingerprint density at radius 2 is 1.83 bits per heavy atom. The van der Waals surface area contributed by atoms with E-state index in [1.54, 1.807) is 29.8 Å². The van der Waals surface area contributed by atoms with E-state index in [2.05, 4.69) is 10.6 Å². The maximum atomic E-state index is 12.8. The third-order valence-corrected chi connectivity index (χ3v) is 6.32. The first kappa shape index (κ1) is 27.2. The van der Waals surface area contributed by atoms with Crippen LogP contribution < -0.4 is 10.6 Å². The molecule has 0 saturated heterocycles. The number of carbonyl (C=O) groups excluding carboxylic acids is 3. The molecule has 208 valence electrons. The Morgan fingerprint density at radius 1 is 1.05 bits per heavy atom. The van der Waals surface area contributed by atoms with Gasteiger partial charge in [-0.2, -0.15) is 5.10 Å². The first-order valence-corrected chi connectivity index (χ1v) is 13.0. The maximum Gasteiger partial charge on any atom is 0.338 e. The molecule has 0 aliphatic carbocycles. The molecular weight excluding hydrogens is 524 g/mol. The van der Waals surface area contributed by atoms with Crippen molar-refractivity contribution in [2.45, 2.75) is 19.9 Å². The lowest BCUT2D eigenvalue weighted by atomic mass is 10.0. The average Bonchev–Trinajstić information content (AvgIpc) is 3.67. The van der Waals surface area contributed by atoms with Gasteiger partial charge >= 0.3 is 18.0 Å². The number of aromatic nitrogens is 2. The maximum absolute atomic E-state index is 12.8. The molecule has 5 rings (SSSR count). The minimum atomic E-state index is -0.900. The van der Waals surface area contributed by atoms with Gasteiger partial charge in [0.05, 0.1) is 35.5 Å². The first-order chi connectivity index (χ1) is 19.9. The van der Waals surface area contributed by atoms with Crippen LogP contribution in [0.2, 0.25) is 0 Å². The number of hydrogen-bond acceptors (Lipinski definition) is 7. The normalized spacial score (nSPS) is 15.0. The lowest BCUT2D eigenvalue weighted by molar-refractivity contribution is -0.140. The summed E-state index contributed by atoms with van der Waals surface area (Å²) in [6.45, 7) is 3.44. The van der Waals surface area contributed by atoms with Gasteiger partial charge in [0.25, 0.3) is 0 Å². The number of nitrogens with one attached hydrogen (secondary N) is 2. The molecule has 0 saturated carbocycles. The van der Waals surface area contributed by atoms with Gasteiger partial charge in [-0.15, -0.1) is 0 Å². The molecule has 0 bridgehead atoms. The van der Waals surface area contributed by atoms with Crippen molar-refractivity contribution in [3.63, 3.8) is 0 Å². The first-order valence-electron chi connectivity index (χ1n) is 13.0. The predicted octanol–water partition coefficient (Wildman–Crippen LogP) is 4.87. The summed E-state index contributed by atoms with van der Waals surface area (Å²) >= 11 is 0. The van der Waals surface area contributed by atoms with Gasteiger partial charge in [-0.05, 0) is 44.2 Å². The summed E-state index contributed by atoms with van der Waals surface area (Å²) in [4.78, 5) is 38.0. The highest BCUT2D eigenvalue weighted by molar-refractivity contribution is 5.95. The Hall–Kier alpha value is -5.38. The number of para-hydroxylation sites is 1. The van der Waals surface area contributed by atoms with Crippen LogP contribution in [0.25, 0.3) is 23.0 Å². The topological polar surface area (TPSA) is 125 Å². The Kier molecular flexibility index (Phi) is 8.10. The fraction of sp³-hybridized carbons (Fsp3) is 0.161. The number of urea groups is 1. The van der Waals surface area contributed by atoms with Gasteiger partial charge in [0, 0.05) is 23.4 Å². The molecule has 10 nitrogen and oxygen atoms in total. The molecule has 4 aromatic rings. The average molecular weight is 553 g/mol. The molecule has 10 heteroatoms. The van der Waals surface area contributed by atoms with Crippen molar-refractivity contribution in [2.24, 2.45) is 0 Å². The van der Waals surface area contributed by atoms with Crippen LogP contribution in [0.1, 0.15) is 29.9 Å². The lowest BCUT2D eigenvalue weighted by Gasteiger charge is -2.27. The standard InChI is InChI=1S/C31H28N4O6/c1-3-39-30(37)27-24(32-31(38)33-29(27)25-10-7-17-40-25)19-41-26(36)16-15-22-18-35(23-8-5-4-6-9-23)34-28(22)21-13-11-20(2)12-14-21/h4-18,29H,3,19H2,1-2H3,(H2,32,33,38)/b16-15+/t29-/m0/s1. The molecule has 3 heterocycles. The number of nitrogens with zero attached hydrogens (tertiary/aromatic N) is 2. The number of amides is 2. The number of ether oxygens (including phenoxy) is 2. The summed E-state index contributed by atoms with van der Waals surface area (Å²) in [6.07, 6.45) is 6.16. The Balaban J connectivity index is 1.39. The minimum absolute atomic E-state index is 0.0870. The second-order valence-corrected chi connectivity index (χ2v) is 9.18. The van der Waals surface area contributed by atoms with Gasteiger partial charge < -0.3 is 24.5 Å². The van der Waals surface area contributed by atoms with E-state index >= 15 is 0 Å². The monoisotopic (exact) mass is 552 g/mol. The number of hydrogen-bond donors (Lipinski definition) is 2. The number of furan rings is 1. The van der Waals surface area contributed by atoms with Crippen LogP contribution in [0, 0.1) is 6.92 Å². The van der Waals surface area contributed by atoms with Crippen molar-refractivity contribution >= 4 is 24.0 Å². The van der Waals surface area contributed by atoms with Crippen LogP contribution in [0.4, 0.5) is 4.79 Å². The third-order valence-electron chi connectivity index (χ3n) is 6.32. The highest BCUT2D eigenvalue weighted by Crippen LogP contribution is 2.29. The van der Waals surface area contributed by atoms with Crippen LogP contribution >= 0.6 is 0 Å². The number of benzene rings is 2. The summed E-state index contributed by atoms with van der Waals surface area (Å²) < 4.78 is 17.8. The fourth-order valence-corrected chi connectivity index (χ4v) is 4.36. The summed E-state index contributed by atoms with van der Waals surface area (Å²) in [5.74, 6) is -1.00. The van der Waals surface area contributed by atoms with E-state index < -0.39 is 24.0 Å². The lowest BCUT2D eigenvalue weighted by Crippen LogP contribution is -2.47.